The topological polar surface area (TPSA) is 126 Å². The second-order valence-electron chi connectivity index (χ2n) is 9.52. The molecule has 9 nitrogen and oxygen atoms in total. The van der Waals surface area contributed by atoms with Crippen LogP contribution in [0.15, 0.2) is 88.9 Å². The van der Waals surface area contributed by atoms with Gasteiger partial charge in [-0.05, 0) is 60.5 Å². The molecule has 2 heterocycles. The summed E-state index contributed by atoms with van der Waals surface area (Å²) in [5.41, 5.74) is 4.13. The van der Waals surface area contributed by atoms with E-state index in [-0.39, 0.29) is 11.5 Å². The Morgan fingerprint density at radius 3 is 2.60 bits per heavy atom. The van der Waals surface area contributed by atoms with Crippen molar-refractivity contribution in [1.29, 1.82) is 5.26 Å². The van der Waals surface area contributed by atoms with Gasteiger partial charge in [0.15, 0.2) is 5.16 Å². The Labute approximate surface area is 257 Å². The Kier molecular flexibility index (Phi) is 9.25. The molecule has 0 spiro atoms. The van der Waals surface area contributed by atoms with Crippen molar-refractivity contribution in [2.24, 2.45) is 0 Å². The number of carbonyl (C=O) groups is 1. The average molecular weight is 611 g/mol. The number of aromatic nitrogens is 4. The van der Waals surface area contributed by atoms with E-state index in [0.717, 1.165) is 23.4 Å². The van der Waals surface area contributed by atoms with Gasteiger partial charge in [-0.1, -0.05) is 61.0 Å². The highest BCUT2D eigenvalue weighted by molar-refractivity contribution is 7.98. The maximum absolute atomic E-state index is 13.2. The van der Waals surface area contributed by atoms with E-state index in [1.807, 2.05) is 42.5 Å². The van der Waals surface area contributed by atoms with E-state index in [2.05, 4.69) is 27.3 Å². The first kappa shape index (κ1) is 29.6. The van der Waals surface area contributed by atoms with Crippen LogP contribution in [0.4, 0.5) is 5.69 Å². The summed E-state index contributed by atoms with van der Waals surface area (Å²) in [6.07, 6.45) is 3.13. The number of hydrogen-bond donors (Lipinski definition) is 2. The lowest BCUT2D eigenvalue weighted by Crippen LogP contribution is -2.15. The molecule has 0 unspecified atom stereocenters. The van der Waals surface area contributed by atoms with Crippen LogP contribution in [0.5, 0.6) is 5.75 Å². The molecule has 0 aliphatic carbocycles. The minimum Gasteiger partial charge on any atom is -0.497 e. The fourth-order valence-electron chi connectivity index (χ4n) is 4.48. The first-order valence-corrected chi connectivity index (χ1v) is 14.8. The number of nitrogens with one attached hydrogen (secondary N) is 2. The second kappa shape index (κ2) is 13.4. The van der Waals surface area contributed by atoms with Crippen molar-refractivity contribution in [2.75, 3.05) is 12.4 Å². The van der Waals surface area contributed by atoms with Gasteiger partial charge < -0.3 is 15.0 Å². The van der Waals surface area contributed by atoms with Crippen molar-refractivity contribution in [1.82, 2.24) is 19.7 Å². The van der Waals surface area contributed by atoms with Crippen molar-refractivity contribution in [3.05, 3.63) is 117 Å². The standard InChI is InChI=1S/C32H27ClN6O3S/c1-3-5-28-27(18-35-39(28)24-14-10-22(33)11-15-24)31(41)36-23-12-8-20(9-13-23)19-43-32-37-29(26(17-34)30(40)38-32)21-6-4-7-25(16-21)42-2/h4,6-16,18H,3,5,19H2,1-2H3,(H,36,41)(H,37,38,40). The highest BCUT2D eigenvalue weighted by Crippen LogP contribution is 2.27. The van der Waals surface area contributed by atoms with Crippen LogP contribution < -0.4 is 15.6 Å². The predicted octanol–water partition coefficient (Wildman–Crippen LogP) is 6.65. The summed E-state index contributed by atoms with van der Waals surface area (Å²) in [4.78, 5) is 33.1. The molecule has 5 rings (SSSR count). The molecule has 0 aliphatic rings. The molecule has 0 bridgehead atoms. The van der Waals surface area contributed by atoms with Crippen LogP contribution in [0.3, 0.4) is 0 Å². The number of hydrogen-bond acceptors (Lipinski definition) is 7. The molecule has 216 valence electrons. The minimum absolute atomic E-state index is 0.0569. The number of H-pyrrole nitrogens is 1. The number of halogens is 1. The van der Waals surface area contributed by atoms with Gasteiger partial charge in [0.1, 0.15) is 17.4 Å². The van der Waals surface area contributed by atoms with Crippen molar-refractivity contribution < 1.29 is 9.53 Å². The smallest absolute Gasteiger partial charge is 0.270 e. The lowest BCUT2D eigenvalue weighted by Gasteiger charge is -2.10. The molecule has 3 aromatic carbocycles. The zero-order valence-electron chi connectivity index (χ0n) is 23.4. The monoisotopic (exact) mass is 610 g/mol. The van der Waals surface area contributed by atoms with Gasteiger partial charge in [-0.3, -0.25) is 9.59 Å². The van der Waals surface area contributed by atoms with Gasteiger partial charge in [-0.25, -0.2) is 9.67 Å². The van der Waals surface area contributed by atoms with Crippen molar-refractivity contribution in [2.45, 2.75) is 30.7 Å². The van der Waals surface area contributed by atoms with Crippen molar-refractivity contribution in [3.63, 3.8) is 0 Å². The summed E-state index contributed by atoms with van der Waals surface area (Å²) >= 11 is 7.37. The van der Waals surface area contributed by atoms with Gasteiger partial charge in [-0.15, -0.1) is 0 Å². The Morgan fingerprint density at radius 2 is 1.91 bits per heavy atom. The van der Waals surface area contributed by atoms with E-state index in [0.29, 0.717) is 50.6 Å². The van der Waals surface area contributed by atoms with Crippen LogP contribution in [-0.4, -0.2) is 32.8 Å². The lowest BCUT2D eigenvalue weighted by atomic mass is 10.1. The summed E-state index contributed by atoms with van der Waals surface area (Å²) in [6.45, 7) is 2.06. The van der Waals surface area contributed by atoms with Gasteiger partial charge >= 0.3 is 0 Å². The lowest BCUT2D eigenvalue weighted by molar-refractivity contribution is 0.102. The number of benzene rings is 3. The molecule has 0 atom stereocenters. The maximum Gasteiger partial charge on any atom is 0.270 e. The van der Waals surface area contributed by atoms with E-state index < -0.39 is 5.56 Å². The molecule has 0 radical (unpaired) electrons. The predicted molar refractivity (Wildman–Crippen MR) is 168 cm³/mol. The van der Waals surface area contributed by atoms with Gasteiger partial charge in [0.25, 0.3) is 11.5 Å². The first-order valence-electron chi connectivity index (χ1n) is 13.4. The largest absolute Gasteiger partial charge is 0.497 e. The quantitative estimate of drug-likeness (QED) is 0.134. The van der Waals surface area contributed by atoms with E-state index in [4.69, 9.17) is 16.3 Å². The number of amides is 1. The number of thioether (sulfide) groups is 1. The number of aromatic amines is 1. The number of nitriles is 1. The summed E-state index contributed by atoms with van der Waals surface area (Å²) in [5.74, 6) is 0.867. The third kappa shape index (κ3) is 6.80. The van der Waals surface area contributed by atoms with Crippen LogP contribution in [0.1, 0.15) is 40.5 Å². The summed E-state index contributed by atoms with van der Waals surface area (Å²) in [5, 5.41) is 18.0. The van der Waals surface area contributed by atoms with E-state index >= 15 is 0 Å². The number of anilines is 1. The third-order valence-corrected chi connectivity index (χ3v) is 7.81. The fraction of sp³-hybridized carbons (Fsp3) is 0.156. The van der Waals surface area contributed by atoms with Crippen molar-refractivity contribution >= 4 is 35.0 Å². The van der Waals surface area contributed by atoms with E-state index in [9.17, 15) is 14.9 Å². The molecule has 0 saturated carbocycles. The summed E-state index contributed by atoms with van der Waals surface area (Å²) in [7, 11) is 1.55. The number of rotatable bonds is 10. The molecule has 43 heavy (non-hydrogen) atoms. The minimum atomic E-state index is -0.502. The van der Waals surface area contributed by atoms with E-state index in [1.54, 1.807) is 54.4 Å². The average Bonchev–Trinajstić information content (AvgIpc) is 3.44. The van der Waals surface area contributed by atoms with Crippen LogP contribution in [0.2, 0.25) is 5.02 Å². The van der Waals surface area contributed by atoms with Gasteiger partial charge in [0, 0.05) is 22.0 Å². The fourth-order valence-corrected chi connectivity index (χ4v) is 5.43. The maximum atomic E-state index is 13.2. The first-order chi connectivity index (χ1) is 20.9. The number of carbonyl (C=O) groups excluding carboxylic acids is 1. The Hall–Kier alpha value is -4.85. The molecule has 0 aliphatic heterocycles. The second-order valence-corrected chi connectivity index (χ2v) is 10.9. The molecule has 2 N–H and O–H groups in total. The van der Waals surface area contributed by atoms with Crippen LogP contribution in [0.25, 0.3) is 16.9 Å². The zero-order chi connectivity index (χ0) is 30.3. The molecule has 1 amide bonds. The molecular formula is C32H27ClN6O3S. The van der Waals surface area contributed by atoms with E-state index in [1.165, 1.54) is 11.8 Å². The highest BCUT2D eigenvalue weighted by Gasteiger charge is 2.19. The molecule has 2 aromatic heterocycles. The normalized spacial score (nSPS) is 10.7. The molecule has 0 saturated heterocycles. The van der Waals surface area contributed by atoms with Crippen molar-refractivity contribution in [3.8, 4) is 28.8 Å². The van der Waals surface area contributed by atoms with Gasteiger partial charge in [0.05, 0.1) is 35.9 Å². The highest BCUT2D eigenvalue weighted by atomic mass is 35.5. The van der Waals surface area contributed by atoms with Gasteiger partial charge in [0.2, 0.25) is 0 Å². The molecule has 5 aromatic rings. The SMILES string of the molecule is CCCc1c(C(=O)Nc2ccc(CSc3nc(-c4cccc(OC)c4)c(C#N)c(=O)[nH]3)cc2)cnn1-c1ccc(Cl)cc1. The summed E-state index contributed by atoms with van der Waals surface area (Å²) < 4.78 is 7.05. The zero-order valence-corrected chi connectivity index (χ0v) is 25.0. The molecule has 11 heteroatoms. The van der Waals surface area contributed by atoms with Crippen LogP contribution in [-0.2, 0) is 12.2 Å². The van der Waals surface area contributed by atoms with Gasteiger partial charge in [-0.2, -0.15) is 10.4 Å². The molecular weight excluding hydrogens is 584 g/mol. The van der Waals surface area contributed by atoms with Crippen LogP contribution >= 0.6 is 23.4 Å². The number of nitrogens with zero attached hydrogens (tertiary/aromatic N) is 4. The number of ether oxygens (including phenoxy) is 1. The Balaban J connectivity index is 1.28. The third-order valence-electron chi connectivity index (χ3n) is 6.61. The Morgan fingerprint density at radius 1 is 1.14 bits per heavy atom. The van der Waals surface area contributed by atoms with Crippen LogP contribution in [0, 0.1) is 11.3 Å². The summed E-state index contributed by atoms with van der Waals surface area (Å²) in [6, 6.07) is 23.8. The Bertz CT molecular complexity index is 1860. The molecule has 0 fully saturated rings. The number of methoxy groups -OCH3 is 1.